The van der Waals surface area contributed by atoms with Crippen LogP contribution in [0.4, 0.5) is 0 Å². The fraction of sp³-hybridized carbons (Fsp3) is 0.882. The highest BCUT2D eigenvalue weighted by atomic mass is 16.5. The lowest BCUT2D eigenvalue weighted by molar-refractivity contribution is -0.143. The Morgan fingerprint density at radius 3 is 1.07 bits per heavy atom. The summed E-state index contributed by atoms with van der Waals surface area (Å²) in [6, 6.07) is -0.552. The van der Waals surface area contributed by atoms with Crippen LogP contribution in [-0.2, 0) is 14.3 Å². The topological polar surface area (TPSA) is 95.9 Å². The maximum atomic E-state index is 12.5. The van der Waals surface area contributed by atoms with Gasteiger partial charge in [0.05, 0.1) is 25.4 Å². The van der Waals surface area contributed by atoms with E-state index in [4.69, 9.17) is 4.74 Å². The normalized spacial score (nSPS) is 12.8. The molecule has 0 heterocycles. The molecule has 436 valence electrons. The number of carbonyl (C=O) groups excluding carboxylic acids is 2. The Hall–Kier alpha value is -1.92. The average molecular weight is 1040 g/mol. The molecule has 0 aromatic rings. The first kappa shape index (κ1) is 72.1. The first-order chi connectivity index (χ1) is 36.5. The molecule has 0 aromatic carbocycles. The van der Waals surface area contributed by atoms with Crippen LogP contribution in [0.25, 0.3) is 0 Å². The van der Waals surface area contributed by atoms with Crippen LogP contribution in [0, 0.1) is 0 Å². The summed E-state index contributed by atoms with van der Waals surface area (Å²) in [5.74, 6) is -0.0489. The smallest absolute Gasteiger partial charge is 0.305 e. The summed E-state index contributed by atoms with van der Waals surface area (Å²) in [6.45, 7) is 4.93. The van der Waals surface area contributed by atoms with Gasteiger partial charge in [-0.25, -0.2) is 0 Å². The number of aliphatic hydroxyl groups excluding tert-OH is 2. The summed E-state index contributed by atoms with van der Waals surface area (Å²) < 4.78 is 5.49. The van der Waals surface area contributed by atoms with Crippen LogP contribution in [0.15, 0.2) is 36.5 Å². The Kier molecular flexibility index (Phi) is 62.0. The highest BCUT2D eigenvalue weighted by molar-refractivity contribution is 5.76. The fourth-order valence-corrected chi connectivity index (χ4v) is 10.3. The predicted octanol–water partition coefficient (Wildman–Crippen LogP) is 21.1. The molecule has 0 spiro atoms. The molecule has 0 saturated heterocycles. The van der Waals surface area contributed by atoms with E-state index in [1.165, 1.54) is 263 Å². The Labute approximate surface area is 462 Å². The summed E-state index contributed by atoms with van der Waals surface area (Å²) in [5, 5.41) is 23.4. The minimum absolute atomic E-state index is 0.00489. The number of carbonyl (C=O) groups is 2. The van der Waals surface area contributed by atoms with E-state index in [9.17, 15) is 19.8 Å². The number of rotatable bonds is 62. The van der Waals surface area contributed by atoms with Gasteiger partial charge in [0.2, 0.25) is 5.91 Å². The lowest BCUT2D eigenvalue weighted by Crippen LogP contribution is -2.45. The van der Waals surface area contributed by atoms with Gasteiger partial charge in [-0.15, -0.1) is 0 Å². The number of amides is 1. The van der Waals surface area contributed by atoms with E-state index in [-0.39, 0.29) is 18.5 Å². The van der Waals surface area contributed by atoms with E-state index in [2.05, 4.69) is 55.6 Å². The standard InChI is InChI=1S/C68H129NO5/c1-3-5-7-9-11-13-15-17-19-21-23-24-26-28-32-36-40-44-48-52-56-60-66(71)65(64-70)69-67(72)61-57-53-49-45-41-37-33-29-27-31-35-39-43-47-51-55-59-63-74-68(73)62-58-54-50-46-42-38-34-30-25-22-20-18-16-14-12-10-8-6-4-2/h12,14,18,20,27,31,65-66,70-71H,3-11,13,15-17,19,21-26,28-30,32-64H2,1-2H3,(H,69,72)/b14-12-,20-18-,31-27-. The molecule has 0 aliphatic heterocycles. The molecule has 0 saturated carbocycles. The maximum absolute atomic E-state index is 12.5. The molecule has 0 aliphatic carbocycles. The zero-order valence-electron chi connectivity index (χ0n) is 49.8. The maximum Gasteiger partial charge on any atom is 0.305 e. The highest BCUT2D eigenvalue weighted by Gasteiger charge is 2.20. The van der Waals surface area contributed by atoms with Crippen molar-refractivity contribution in [3.8, 4) is 0 Å². The van der Waals surface area contributed by atoms with Crippen molar-refractivity contribution in [1.29, 1.82) is 0 Å². The average Bonchev–Trinajstić information content (AvgIpc) is 3.40. The molecule has 2 atom stereocenters. The molecule has 2 unspecified atom stereocenters. The minimum Gasteiger partial charge on any atom is -0.466 e. The Bertz CT molecular complexity index is 1200. The molecule has 6 nitrogen and oxygen atoms in total. The third-order valence-electron chi connectivity index (χ3n) is 15.4. The first-order valence-corrected chi connectivity index (χ1v) is 33.2. The molecule has 0 fully saturated rings. The van der Waals surface area contributed by atoms with Gasteiger partial charge >= 0.3 is 5.97 Å². The van der Waals surface area contributed by atoms with Crippen molar-refractivity contribution >= 4 is 11.9 Å². The van der Waals surface area contributed by atoms with Crippen molar-refractivity contribution in [1.82, 2.24) is 5.32 Å². The third kappa shape index (κ3) is 59.3. The molecule has 0 rings (SSSR count). The lowest BCUT2D eigenvalue weighted by atomic mass is 10.0. The Morgan fingerprint density at radius 2 is 0.676 bits per heavy atom. The molecular formula is C68H129NO5. The second-order valence-electron chi connectivity index (χ2n) is 22.8. The largest absolute Gasteiger partial charge is 0.466 e. The molecule has 6 heteroatoms. The number of allylic oxidation sites excluding steroid dienone is 6. The molecule has 0 radical (unpaired) electrons. The molecular weight excluding hydrogens is 911 g/mol. The van der Waals surface area contributed by atoms with Gasteiger partial charge in [-0.2, -0.15) is 0 Å². The fourth-order valence-electron chi connectivity index (χ4n) is 10.3. The van der Waals surface area contributed by atoms with E-state index in [0.29, 0.717) is 25.9 Å². The van der Waals surface area contributed by atoms with Crippen LogP contribution in [0.5, 0.6) is 0 Å². The van der Waals surface area contributed by atoms with Gasteiger partial charge in [-0.3, -0.25) is 9.59 Å². The molecule has 3 N–H and O–H groups in total. The molecule has 0 aromatic heterocycles. The molecule has 74 heavy (non-hydrogen) atoms. The van der Waals surface area contributed by atoms with Gasteiger partial charge in [0, 0.05) is 12.8 Å². The van der Waals surface area contributed by atoms with Gasteiger partial charge < -0.3 is 20.3 Å². The monoisotopic (exact) mass is 1040 g/mol. The van der Waals surface area contributed by atoms with Crippen molar-refractivity contribution < 1.29 is 24.5 Å². The number of hydrogen-bond acceptors (Lipinski definition) is 5. The second-order valence-corrected chi connectivity index (χ2v) is 22.8. The SMILES string of the molecule is CCCCC/C=C\C/C=C\CCCCCCCCCCCC(=O)OCCCCCCCC/C=C\CCCCCCCCCC(=O)NC(CO)C(O)CCCCCCCCCCCCCCCCCCCCCCC. The van der Waals surface area contributed by atoms with E-state index < -0.39 is 12.1 Å². The van der Waals surface area contributed by atoms with Crippen LogP contribution >= 0.6 is 0 Å². The van der Waals surface area contributed by atoms with Gasteiger partial charge in [-0.05, 0) is 83.5 Å². The molecule has 0 aliphatic rings. The van der Waals surface area contributed by atoms with Gasteiger partial charge in [0.25, 0.3) is 0 Å². The van der Waals surface area contributed by atoms with E-state index in [1.807, 2.05) is 0 Å². The zero-order chi connectivity index (χ0) is 53.6. The van der Waals surface area contributed by atoms with E-state index >= 15 is 0 Å². The van der Waals surface area contributed by atoms with Gasteiger partial charge in [0.1, 0.15) is 0 Å². The van der Waals surface area contributed by atoms with Gasteiger partial charge in [-0.1, -0.05) is 301 Å². The number of hydrogen-bond donors (Lipinski definition) is 3. The van der Waals surface area contributed by atoms with Crippen LogP contribution in [0.3, 0.4) is 0 Å². The highest BCUT2D eigenvalue weighted by Crippen LogP contribution is 2.18. The summed E-state index contributed by atoms with van der Waals surface area (Å²) in [6.07, 6.45) is 80.2. The van der Waals surface area contributed by atoms with Crippen molar-refractivity contribution in [2.24, 2.45) is 0 Å². The molecule has 0 bridgehead atoms. The van der Waals surface area contributed by atoms with Crippen LogP contribution < -0.4 is 5.32 Å². The van der Waals surface area contributed by atoms with Gasteiger partial charge in [0.15, 0.2) is 0 Å². The first-order valence-electron chi connectivity index (χ1n) is 33.2. The quantitative estimate of drug-likeness (QED) is 0.0320. The summed E-state index contributed by atoms with van der Waals surface area (Å²) in [5.41, 5.74) is 0. The third-order valence-corrected chi connectivity index (χ3v) is 15.4. The van der Waals surface area contributed by atoms with Crippen molar-refractivity contribution in [2.45, 2.75) is 373 Å². The van der Waals surface area contributed by atoms with Crippen LogP contribution in [0.2, 0.25) is 0 Å². The number of unbranched alkanes of at least 4 members (excludes halogenated alkanes) is 45. The minimum atomic E-state index is -0.674. The zero-order valence-corrected chi connectivity index (χ0v) is 49.8. The summed E-state index contributed by atoms with van der Waals surface area (Å²) in [4.78, 5) is 24.6. The Morgan fingerprint density at radius 1 is 0.378 bits per heavy atom. The summed E-state index contributed by atoms with van der Waals surface area (Å²) in [7, 11) is 0. The predicted molar refractivity (Wildman–Crippen MR) is 324 cm³/mol. The van der Waals surface area contributed by atoms with E-state index in [1.54, 1.807) is 0 Å². The Balaban J connectivity index is 3.44. The van der Waals surface area contributed by atoms with Crippen molar-refractivity contribution in [3.05, 3.63) is 36.5 Å². The molecule has 1 amide bonds. The van der Waals surface area contributed by atoms with E-state index in [0.717, 1.165) is 64.2 Å². The number of nitrogens with one attached hydrogen (secondary N) is 1. The second kappa shape index (κ2) is 63.6. The summed E-state index contributed by atoms with van der Waals surface area (Å²) >= 11 is 0. The van der Waals surface area contributed by atoms with Crippen molar-refractivity contribution in [3.63, 3.8) is 0 Å². The lowest BCUT2D eigenvalue weighted by Gasteiger charge is -2.22. The van der Waals surface area contributed by atoms with Crippen LogP contribution in [0.1, 0.15) is 361 Å². The van der Waals surface area contributed by atoms with Crippen molar-refractivity contribution in [2.75, 3.05) is 13.2 Å². The van der Waals surface area contributed by atoms with Crippen LogP contribution in [-0.4, -0.2) is 47.4 Å². The number of esters is 1. The number of ether oxygens (including phenoxy) is 1. The number of aliphatic hydroxyl groups is 2.